The highest BCUT2D eigenvalue weighted by Crippen LogP contribution is 2.23. The quantitative estimate of drug-likeness (QED) is 0.679. The third-order valence-corrected chi connectivity index (χ3v) is 5.39. The molecule has 2 N–H and O–H groups in total. The number of aryl methyl sites for hydroxylation is 1. The van der Waals surface area contributed by atoms with Crippen LogP contribution >= 0.6 is 0 Å². The number of sulfonamides is 1. The topological polar surface area (TPSA) is 82.0 Å². The van der Waals surface area contributed by atoms with E-state index < -0.39 is 15.8 Å². The number of hydrogen-bond acceptors (Lipinski definition) is 4. The van der Waals surface area contributed by atoms with Gasteiger partial charge in [0.15, 0.2) is 0 Å². The zero-order valence-corrected chi connectivity index (χ0v) is 15.2. The maximum absolute atomic E-state index is 13.2. The highest BCUT2D eigenvalue weighted by atomic mass is 32.2. The summed E-state index contributed by atoms with van der Waals surface area (Å²) in [6.45, 7) is 1.54. The van der Waals surface area contributed by atoms with Crippen LogP contribution in [0.4, 0.5) is 21.5 Å². The average molecular weight is 381 g/mol. The third-order valence-electron chi connectivity index (χ3n) is 3.84. The Morgan fingerprint density at radius 1 is 0.926 bits per heavy atom. The van der Waals surface area contributed by atoms with Crippen molar-refractivity contribution < 1.29 is 12.8 Å². The van der Waals surface area contributed by atoms with E-state index in [1.165, 1.54) is 12.1 Å². The SMILES string of the molecule is Cc1cc(F)ccc1S(=O)(=O)Nc1ccc(Nc2cccc(C#N)c2)cc1. The van der Waals surface area contributed by atoms with Crippen molar-refractivity contribution in [1.29, 1.82) is 5.26 Å². The number of nitrogens with zero attached hydrogens (tertiary/aromatic N) is 1. The van der Waals surface area contributed by atoms with E-state index in [-0.39, 0.29) is 4.90 Å². The fourth-order valence-electron chi connectivity index (χ4n) is 2.58. The van der Waals surface area contributed by atoms with Crippen molar-refractivity contribution in [2.75, 3.05) is 10.0 Å². The first-order valence-corrected chi connectivity index (χ1v) is 9.52. The first-order chi connectivity index (χ1) is 12.9. The van der Waals surface area contributed by atoms with Gasteiger partial charge in [-0.25, -0.2) is 12.8 Å². The van der Waals surface area contributed by atoms with Crippen LogP contribution in [0.15, 0.2) is 71.6 Å². The van der Waals surface area contributed by atoms with Crippen molar-refractivity contribution in [2.24, 2.45) is 0 Å². The Morgan fingerprint density at radius 2 is 1.63 bits per heavy atom. The van der Waals surface area contributed by atoms with E-state index in [1.807, 2.05) is 6.07 Å². The van der Waals surface area contributed by atoms with Gasteiger partial charge in [0.25, 0.3) is 10.0 Å². The minimum Gasteiger partial charge on any atom is -0.355 e. The van der Waals surface area contributed by atoms with Crippen LogP contribution in [0.25, 0.3) is 0 Å². The molecule has 7 heteroatoms. The predicted octanol–water partition coefficient (Wildman–Crippen LogP) is 4.55. The molecule has 0 radical (unpaired) electrons. The van der Waals surface area contributed by atoms with Gasteiger partial charge in [0, 0.05) is 17.1 Å². The molecule has 3 rings (SSSR count). The summed E-state index contributed by atoms with van der Waals surface area (Å²) in [6, 6.07) is 19.3. The second kappa shape index (κ2) is 7.48. The van der Waals surface area contributed by atoms with Crippen molar-refractivity contribution in [1.82, 2.24) is 0 Å². The Kier molecular flexibility index (Phi) is 5.10. The highest BCUT2D eigenvalue weighted by molar-refractivity contribution is 7.92. The van der Waals surface area contributed by atoms with Crippen LogP contribution < -0.4 is 10.0 Å². The monoisotopic (exact) mass is 381 g/mol. The second-order valence-corrected chi connectivity index (χ2v) is 7.56. The molecule has 0 unspecified atom stereocenters. The van der Waals surface area contributed by atoms with Gasteiger partial charge in [0.2, 0.25) is 0 Å². The Bertz CT molecular complexity index is 1120. The lowest BCUT2D eigenvalue weighted by atomic mass is 10.2. The molecule has 27 heavy (non-hydrogen) atoms. The van der Waals surface area contributed by atoms with Crippen LogP contribution in [0, 0.1) is 24.1 Å². The van der Waals surface area contributed by atoms with Gasteiger partial charge < -0.3 is 5.32 Å². The first-order valence-electron chi connectivity index (χ1n) is 8.03. The minimum atomic E-state index is -3.81. The van der Waals surface area contributed by atoms with Crippen molar-refractivity contribution >= 4 is 27.1 Å². The molecule has 136 valence electrons. The van der Waals surface area contributed by atoms with E-state index in [0.29, 0.717) is 16.8 Å². The van der Waals surface area contributed by atoms with Crippen LogP contribution in [-0.2, 0) is 10.0 Å². The summed E-state index contributed by atoms with van der Waals surface area (Å²) in [6.07, 6.45) is 0. The summed E-state index contributed by atoms with van der Waals surface area (Å²) in [5, 5.41) is 12.1. The summed E-state index contributed by atoms with van der Waals surface area (Å²) >= 11 is 0. The van der Waals surface area contributed by atoms with E-state index in [9.17, 15) is 12.8 Å². The molecule has 0 saturated carbocycles. The van der Waals surface area contributed by atoms with Crippen molar-refractivity contribution in [3.8, 4) is 6.07 Å². The number of hydrogen-bond donors (Lipinski definition) is 2. The fraction of sp³-hybridized carbons (Fsp3) is 0.0500. The molecule has 0 bridgehead atoms. The molecule has 5 nitrogen and oxygen atoms in total. The van der Waals surface area contributed by atoms with Crippen LogP contribution in [0.2, 0.25) is 0 Å². The molecule has 0 amide bonds. The molecule has 0 spiro atoms. The molecular formula is C20H16FN3O2S. The minimum absolute atomic E-state index is 0.0272. The lowest BCUT2D eigenvalue weighted by molar-refractivity contribution is 0.598. The molecule has 0 aliphatic heterocycles. The zero-order valence-electron chi connectivity index (χ0n) is 14.4. The fourth-order valence-corrected chi connectivity index (χ4v) is 3.87. The molecule has 3 aromatic rings. The van der Waals surface area contributed by atoms with Crippen molar-refractivity contribution in [3.63, 3.8) is 0 Å². The van der Waals surface area contributed by atoms with Gasteiger partial charge in [-0.05, 0) is 73.2 Å². The average Bonchev–Trinajstić information content (AvgIpc) is 2.63. The van der Waals surface area contributed by atoms with Crippen molar-refractivity contribution in [2.45, 2.75) is 11.8 Å². The summed E-state index contributed by atoms with van der Waals surface area (Å²) in [4.78, 5) is 0.0272. The molecular weight excluding hydrogens is 365 g/mol. The predicted molar refractivity (Wildman–Crippen MR) is 103 cm³/mol. The van der Waals surface area contributed by atoms with E-state index in [1.54, 1.807) is 49.4 Å². The lowest BCUT2D eigenvalue weighted by Crippen LogP contribution is -2.14. The van der Waals surface area contributed by atoms with Gasteiger partial charge >= 0.3 is 0 Å². The van der Waals surface area contributed by atoms with E-state index in [0.717, 1.165) is 17.4 Å². The molecule has 0 aromatic heterocycles. The number of nitrogens with one attached hydrogen (secondary N) is 2. The number of halogens is 1. The summed E-state index contributed by atoms with van der Waals surface area (Å²) in [5.74, 6) is -0.484. The molecule has 0 aliphatic carbocycles. The molecule has 0 aliphatic rings. The van der Waals surface area contributed by atoms with Gasteiger partial charge in [-0.1, -0.05) is 6.07 Å². The molecule has 3 aromatic carbocycles. The summed E-state index contributed by atoms with van der Waals surface area (Å²) in [5.41, 5.74) is 2.75. The Morgan fingerprint density at radius 3 is 2.30 bits per heavy atom. The molecule has 0 atom stereocenters. The van der Waals surface area contributed by atoms with E-state index in [4.69, 9.17) is 5.26 Å². The largest absolute Gasteiger partial charge is 0.355 e. The number of rotatable bonds is 5. The smallest absolute Gasteiger partial charge is 0.262 e. The Hall–Kier alpha value is -3.37. The second-order valence-electron chi connectivity index (χ2n) is 5.91. The maximum atomic E-state index is 13.2. The first kappa shape index (κ1) is 18.4. The van der Waals surface area contributed by atoms with E-state index in [2.05, 4.69) is 16.1 Å². The highest BCUT2D eigenvalue weighted by Gasteiger charge is 2.17. The molecule has 0 saturated heterocycles. The van der Waals surface area contributed by atoms with Gasteiger partial charge in [-0.3, -0.25) is 4.72 Å². The Balaban J connectivity index is 1.76. The van der Waals surface area contributed by atoms with E-state index >= 15 is 0 Å². The van der Waals surface area contributed by atoms with Gasteiger partial charge in [-0.2, -0.15) is 5.26 Å². The summed E-state index contributed by atoms with van der Waals surface area (Å²) < 4.78 is 40.7. The standard InChI is InChI=1S/C20H16FN3O2S/c1-14-11-16(21)5-10-20(14)27(25,26)24-18-8-6-17(7-9-18)23-19-4-2-3-15(12-19)13-22/h2-12,23-24H,1H3. The third kappa shape index (κ3) is 4.43. The van der Waals surface area contributed by atoms with Gasteiger partial charge in [0.1, 0.15) is 5.82 Å². The lowest BCUT2D eigenvalue weighted by Gasteiger charge is -2.12. The van der Waals surface area contributed by atoms with Gasteiger partial charge in [0.05, 0.1) is 16.5 Å². The van der Waals surface area contributed by atoms with Crippen LogP contribution in [0.3, 0.4) is 0 Å². The van der Waals surface area contributed by atoms with Gasteiger partial charge in [-0.15, -0.1) is 0 Å². The zero-order chi connectivity index (χ0) is 19.4. The number of nitriles is 1. The van der Waals surface area contributed by atoms with Crippen LogP contribution in [0.5, 0.6) is 0 Å². The Labute approximate surface area is 157 Å². The number of benzene rings is 3. The molecule has 0 heterocycles. The summed E-state index contributed by atoms with van der Waals surface area (Å²) in [7, 11) is -3.81. The normalized spacial score (nSPS) is 10.9. The maximum Gasteiger partial charge on any atom is 0.262 e. The van der Waals surface area contributed by atoms with Crippen LogP contribution in [0.1, 0.15) is 11.1 Å². The number of anilines is 3. The van der Waals surface area contributed by atoms with Crippen LogP contribution in [-0.4, -0.2) is 8.42 Å². The van der Waals surface area contributed by atoms with Crippen molar-refractivity contribution in [3.05, 3.63) is 83.7 Å². The molecule has 0 fully saturated rings.